The Morgan fingerprint density at radius 1 is 1.05 bits per heavy atom. The van der Waals surface area contributed by atoms with Gasteiger partial charge in [-0.25, -0.2) is 14.2 Å². The molecule has 1 aromatic heterocycles. The zero-order valence-corrected chi connectivity index (χ0v) is 23.6. The number of likely N-dealkylation sites (N-methyl/N-ethyl adjacent to an activating group) is 1. The highest BCUT2D eigenvalue weighted by atomic mass is 16.6. The molecule has 1 aliphatic heterocycles. The van der Waals surface area contributed by atoms with Crippen LogP contribution in [0.5, 0.6) is 0 Å². The predicted octanol–water partition coefficient (Wildman–Crippen LogP) is 1.42. The maximum Gasteiger partial charge on any atom is 0.408 e. The van der Waals surface area contributed by atoms with E-state index in [4.69, 9.17) is 4.74 Å². The number of aliphatic carboxylic acids is 1. The van der Waals surface area contributed by atoms with Crippen LogP contribution < -0.4 is 21.7 Å². The lowest BCUT2D eigenvalue weighted by Crippen LogP contribution is -2.52. The van der Waals surface area contributed by atoms with E-state index in [0.717, 1.165) is 23.4 Å². The average molecular weight is 549 g/mol. The first-order valence-electron chi connectivity index (χ1n) is 13.3. The predicted molar refractivity (Wildman–Crippen MR) is 148 cm³/mol. The summed E-state index contributed by atoms with van der Waals surface area (Å²) in [4.78, 5) is 50.6. The van der Waals surface area contributed by atoms with Crippen LogP contribution in [-0.4, -0.2) is 50.9 Å². The normalized spacial score (nSPS) is 17.5. The van der Waals surface area contributed by atoms with Crippen molar-refractivity contribution in [3.05, 3.63) is 97.8 Å². The summed E-state index contributed by atoms with van der Waals surface area (Å²) in [5, 5.41) is 13.9. The minimum Gasteiger partial charge on any atom is -0.548 e. The molecule has 0 aliphatic carbocycles. The molecule has 0 saturated heterocycles. The van der Waals surface area contributed by atoms with Crippen LogP contribution in [0.2, 0.25) is 0 Å². The van der Waals surface area contributed by atoms with E-state index in [-0.39, 0.29) is 12.0 Å². The van der Waals surface area contributed by atoms with Crippen LogP contribution in [-0.2, 0) is 42.5 Å². The molecule has 40 heavy (non-hydrogen) atoms. The summed E-state index contributed by atoms with van der Waals surface area (Å²) in [6.45, 7) is 7.16. The van der Waals surface area contributed by atoms with Crippen LogP contribution in [0.15, 0.2) is 64.2 Å². The lowest BCUT2D eigenvalue weighted by Gasteiger charge is -2.39. The number of fused-ring (bicyclic) bond motifs is 1. The second kappa shape index (κ2) is 11.1. The number of ether oxygens (including phenoxy) is 1. The first-order chi connectivity index (χ1) is 18.8. The van der Waals surface area contributed by atoms with Gasteiger partial charge in [0.2, 0.25) is 0 Å². The maximum atomic E-state index is 13.5. The van der Waals surface area contributed by atoms with Gasteiger partial charge in [-0.3, -0.25) is 9.36 Å². The molecule has 0 bridgehead atoms. The second-order valence-corrected chi connectivity index (χ2v) is 11.7. The summed E-state index contributed by atoms with van der Waals surface area (Å²) in [6, 6.07) is 15.3. The number of hydrogen-bond acceptors (Lipinski definition) is 6. The number of carbonyl (C=O) groups is 2. The highest BCUT2D eigenvalue weighted by Gasteiger charge is 2.33. The average Bonchev–Trinajstić information content (AvgIpc) is 2.87. The molecule has 2 atom stereocenters. The largest absolute Gasteiger partial charge is 0.548 e. The zero-order valence-electron chi connectivity index (χ0n) is 23.6. The van der Waals surface area contributed by atoms with E-state index in [9.17, 15) is 24.3 Å². The minimum atomic E-state index is -1.45. The van der Waals surface area contributed by atoms with Gasteiger partial charge in [-0.05, 0) is 44.9 Å². The highest BCUT2D eigenvalue weighted by molar-refractivity contribution is 5.79. The van der Waals surface area contributed by atoms with E-state index in [2.05, 4.69) is 24.5 Å². The standard InChI is InChI=1S/C30H36N4O6/c1-30(2,3)40-28(38)31-24(27(36)37)17-20-11-13-22(14-12-20)33-26(35)23-15-16-34(5,18-21-9-7-6-8-10-21)19-25(23)32(4)29(33)39/h6-14,24H,15-19H2,1-5H3,(H-,31,36,37,38). The zero-order chi connectivity index (χ0) is 29.2. The Balaban J connectivity index is 1.56. The van der Waals surface area contributed by atoms with Gasteiger partial charge in [0.15, 0.2) is 0 Å². The van der Waals surface area contributed by atoms with Crippen molar-refractivity contribution in [3.8, 4) is 5.69 Å². The van der Waals surface area contributed by atoms with Gasteiger partial charge in [-0.1, -0.05) is 42.5 Å². The van der Waals surface area contributed by atoms with Gasteiger partial charge in [-0.2, -0.15) is 0 Å². The van der Waals surface area contributed by atoms with Crippen molar-refractivity contribution < 1.29 is 23.9 Å². The number of nitrogens with one attached hydrogen (secondary N) is 1. The number of carboxylic acid groups (broad SMARTS) is 1. The molecule has 212 valence electrons. The second-order valence-electron chi connectivity index (χ2n) is 11.7. The van der Waals surface area contributed by atoms with Crippen LogP contribution in [0, 0.1) is 0 Å². The van der Waals surface area contributed by atoms with E-state index >= 15 is 0 Å². The van der Waals surface area contributed by atoms with Crippen molar-refractivity contribution in [2.45, 2.75) is 58.3 Å². The molecule has 10 heteroatoms. The fourth-order valence-corrected chi connectivity index (χ4v) is 5.13. The van der Waals surface area contributed by atoms with Crippen molar-refractivity contribution in [1.82, 2.24) is 14.5 Å². The van der Waals surface area contributed by atoms with Gasteiger partial charge in [0.05, 0.1) is 37.0 Å². The van der Waals surface area contributed by atoms with E-state index in [0.29, 0.717) is 34.3 Å². The molecular weight excluding hydrogens is 512 g/mol. The minimum absolute atomic E-state index is 0.0587. The van der Waals surface area contributed by atoms with Crippen molar-refractivity contribution in [2.24, 2.45) is 7.05 Å². The van der Waals surface area contributed by atoms with Gasteiger partial charge in [0.1, 0.15) is 18.7 Å². The molecule has 0 radical (unpaired) electrons. The number of carboxylic acids is 1. The molecule has 1 aliphatic rings. The quantitative estimate of drug-likeness (QED) is 0.446. The summed E-state index contributed by atoms with van der Waals surface area (Å²) < 4.78 is 8.55. The summed E-state index contributed by atoms with van der Waals surface area (Å²) >= 11 is 0. The molecular formula is C30H36N4O6. The van der Waals surface area contributed by atoms with Gasteiger partial charge >= 0.3 is 11.8 Å². The third-order valence-electron chi connectivity index (χ3n) is 7.14. The Kier molecular flexibility index (Phi) is 8.02. The molecule has 10 nitrogen and oxygen atoms in total. The van der Waals surface area contributed by atoms with Crippen LogP contribution in [0.25, 0.3) is 5.69 Å². The smallest absolute Gasteiger partial charge is 0.408 e. The highest BCUT2D eigenvalue weighted by Crippen LogP contribution is 2.24. The first-order valence-corrected chi connectivity index (χ1v) is 13.3. The summed E-state index contributed by atoms with van der Waals surface area (Å²) in [6.07, 6.45) is -0.370. The number of aromatic nitrogens is 2. The number of rotatable bonds is 7. The van der Waals surface area contributed by atoms with Gasteiger partial charge in [-0.15, -0.1) is 0 Å². The molecule has 2 unspecified atom stereocenters. The Morgan fingerprint density at radius 3 is 2.30 bits per heavy atom. The summed E-state index contributed by atoms with van der Waals surface area (Å²) in [7, 11) is 3.83. The number of carbonyl (C=O) groups excluding carboxylic acids is 2. The lowest BCUT2D eigenvalue weighted by molar-refractivity contribution is -0.937. The molecule has 2 heterocycles. The molecule has 1 amide bonds. The van der Waals surface area contributed by atoms with Crippen LogP contribution >= 0.6 is 0 Å². The Labute approximate surface area is 233 Å². The van der Waals surface area contributed by atoms with E-state index in [1.165, 1.54) is 5.56 Å². The molecule has 4 rings (SSSR count). The third kappa shape index (κ3) is 6.51. The van der Waals surface area contributed by atoms with E-state index < -0.39 is 29.4 Å². The number of alkyl carbamates (subject to hydrolysis) is 1. The van der Waals surface area contributed by atoms with Gasteiger partial charge in [0.25, 0.3) is 5.56 Å². The monoisotopic (exact) mass is 548 g/mol. The Hall–Kier alpha value is -4.18. The van der Waals surface area contributed by atoms with Crippen molar-refractivity contribution in [3.63, 3.8) is 0 Å². The lowest BCUT2D eigenvalue weighted by atomic mass is 10.0. The van der Waals surface area contributed by atoms with E-state index in [1.807, 2.05) is 18.2 Å². The Morgan fingerprint density at radius 2 is 1.70 bits per heavy atom. The SMILES string of the molecule is Cn1c2c(c(=O)n(-c3ccc(CC(NC(=O)OC(C)(C)C)C(=O)[O-])cc3)c1=O)CC[N+](C)(Cc1ccccc1)C2. The van der Waals surface area contributed by atoms with Crippen LogP contribution in [0.3, 0.4) is 0 Å². The number of hydrogen-bond donors (Lipinski definition) is 1. The number of nitrogens with zero attached hydrogens (tertiary/aromatic N) is 3. The Bertz CT molecular complexity index is 1520. The van der Waals surface area contributed by atoms with Crippen LogP contribution in [0.4, 0.5) is 4.79 Å². The fraction of sp³-hybridized carbons (Fsp3) is 0.400. The molecule has 3 aromatic rings. The first kappa shape index (κ1) is 28.8. The molecule has 0 fully saturated rings. The van der Waals surface area contributed by atoms with Crippen LogP contribution in [0.1, 0.15) is 43.2 Å². The molecule has 1 N–H and O–H groups in total. The fourth-order valence-electron chi connectivity index (χ4n) is 5.13. The molecule has 0 spiro atoms. The van der Waals surface area contributed by atoms with Gasteiger partial charge < -0.3 is 24.4 Å². The third-order valence-corrected chi connectivity index (χ3v) is 7.14. The summed E-state index contributed by atoms with van der Waals surface area (Å²) in [5.41, 5.74) is 1.98. The molecule has 2 aromatic carbocycles. The molecule has 0 saturated carbocycles. The van der Waals surface area contributed by atoms with Crippen molar-refractivity contribution in [1.29, 1.82) is 0 Å². The van der Waals surface area contributed by atoms with Crippen molar-refractivity contribution in [2.75, 3.05) is 13.6 Å². The van der Waals surface area contributed by atoms with Gasteiger partial charge in [0, 0.05) is 24.6 Å². The number of amides is 1. The topological polar surface area (TPSA) is 122 Å². The number of benzene rings is 2. The van der Waals surface area contributed by atoms with Crippen molar-refractivity contribution >= 4 is 12.1 Å². The van der Waals surface area contributed by atoms with E-state index in [1.54, 1.807) is 56.7 Å². The number of quaternary nitrogens is 1. The summed E-state index contributed by atoms with van der Waals surface area (Å²) in [5.74, 6) is -1.45. The maximum absolute atomic E-state index is 13.5.